The van der Waals surface area contributed by atoms with Gasteiger partial charge in [0.05, 0.1) is 30.5 Å². The second kappa shape index (κ2) is 9.59. The lowest BCUT2D eigenvalue weighted by Gasteiger charge is -2.63. The average Bonchev–Trinajstić information content (AvgIpc) is 3.15. The monoisotopic (exact) mass is 480 g/mol. The molecular formula is C29H52O5. The lowest BCUT2D eigenvalue weighted by atomic mass is 9.43. The third kappa shape index (κ3) is 4.10. The maximum Gasteiger partial charge on any atom is 0.0830 e. The van der Waals surface area contributed by atoms with E-state index in [4.69, 9.17) is 4.74 Å². The highest BCUT2D eigenvalue weighted by molar-refractivity contribution is 5.13. The van der Waals surface area contributed by atoms with E-state index in [0.29, 0.717) is 48.3 Å². The van der Waals surface area contributed by atoms with Crippen LogP contribution >= 0.6 is 0 Å². The molecule has 198 valence electrons. The molecule has 0 heterocycles. The standard InChI is InChI=1S/C29H52O5/c1-15(2)16(3)26(32)27(33)17(4)19-8-9-20-18-12-25(34-7)22-13-23(30)24(31)14-29(22,6)21(18)10-11-28(19,20)5/h15-27,30-33H,8-14H2,1-7H3/t16-,17-,18-,19+,20-,21-,22+,23-,24+,25-,26+,27+,28+,29+/m0/s1. The number of rotatable bonds is 6. The topological polar surface area (TPSA) is 90.2 Å². The van der Waals surface area contributed by atoms with Crippen LogP contribution in [0, 0.1) is 58.2 Å². The Labute approximate surface area is 207 Å². The quantitative estimate of drug-likeness (QED) is 0.456. The van der Waals surface area contributed by atoms with Crippen LogP contribution in [0.15, 0.2) is 0 Å². The Bertz CT molecular complexity index is 713. The van der Waals surface area contributed by atoms with Crippen LogP contribution in [0.5, 0.6) is 0 Å². The molecule has 0 unspecified atom stereocenters. The highest BCUT2D eigenvalue weighted by Crippen LogP contribution is 2.68. The van der Waals surface area contributed by atoms with Gasteiger partial charge in [-0.2, -0.15) is 0 Å². The van der Waals surface area contributed by atoms with Crippen molar-refractivity contribution in [3.05, 3.63) is 0 Å². The van der Waals surface area contributed by atoms with Crippen LogP contribution in [0.3, 0.4) is 0 Å². The first-order chi connectivity index (χ1) is 15.9. The number of aliphatic hydroxyl groups excluding tert-OH is 4. The van der Waals surface area contributed by atoms with Crippen molar-refractivity contribution >= 4 is 0 Å². The van der Waals surface area contributed by atoms with Crippen LogP contribution in [0.4, 0.5) is 0 Å². The van der Waals surface area contributed by atoms with Gasteiger partial charge < -0.3 is 25.2 Å². The van der Waals surface area contributed by atoms with Gasteiger partial charge in [0.2, 0.25) is 0 Å². The summed E-state index contributed by atoms with van der Waals surface area (Å²) in [7, 11) is 1.82. The minimum atomic E-state index is -0.689. The Balaban J connectivity index is 1.57. The normalized spacial score (nSPS) is 50.1. The summed E-state index contributed by atoms with van der Waals surface area (Å²) in [5, 5.41) is 43.2. The van der Waals surface area contributed by atoms with Gasteiger partial charge in [-0.3, -0.25) is 0 Å². The molecule has 4 aliphatic rings. The maximum absolute atomic E-state index is 11.2. The Morgan fingerprint density at radius 3 is 2.06 bits per heavy atom. The molecule has 0 radical (unpaired) electrons. The van der Waals surface area contributed by atoms with Gasteiger partial charge in [0.25, 0.3) is 0 Å². The van der Waals surface area contributed by atoms with Crippen LogP contribution in [0.1, 0.15) is 86.5 Å². The van der Waals surface area contributed by atoms with Crippen molar-refractivity contribution in [1.29, 1.82) is 0 Å². The molecule has 0 saturated heterocycles. The third-order valence-corrected chi connectivity index (χ3v) is 12.2. The summed E-state index contributed by atoms with van der Waals surface area (Å²) in [5.41, 5.74) is 0.159. The fourth-order valence-electron chi connectivity index (χ4n) is 9.71. The van der Waals surface area contributed by atoms with Crippen LogP contribution in [0.2, 0.25) is 0 Å². The minimum absolute atomic E-state index is 0.00429. The highest BCUT2D eigenvalue weighted by atomic mass is 16.5. The molecule has 4 saturated carbocycles. The summed E-state index contributed by atoms with van der Waals surface area (Å²) < 4.78 is 6.07. The first kappa shape index (κ1) is 26.9. The van der Waals surface area contributed by atoms with E-state index in [2.05, 4.69) is 41.5 Å². The predicted molar refractivity (Wildman–Crippen MR) is 134 cm³/mol. The molecule has 0 aromatic rings. The summed E-state index contributed by atoms with van der Waals surface area (Å²) in [4.78, 5) is 0. The Hall–Kier alpha value is -0.200. The molecular weight excluding hydrogens is 428 g/mol. The zero-order valence-corrected chi connectivity index (χ0v) is 22.7. The number of ether oxygens (including phenoxy) is 1. The van der Waals surface area contributed by atoms with Crippen molar-refractivity contribution in [2.45, 2.75) is 117 Å². The molecule has 0 bridgehead atoms. The molecule has 0 aromatic carbocycles. The second-order valence-corrected chi connectivity index (χ2v) is 13.7. The molecule has 0 aromatic heterocycles. The zero-order valence-electron chi connectivity index (χ0n) is 22.7. The summed E-state index contributed by atoms with van der Waals surface area (Å²) in [6.45, 7) is 13.3. The Morgan fingerprint density at radius 1 is 0.794 bits per heavy atom. The van der Waals surface area contributed by atoms with Gasteiger partial charge in [0.1, 0.15) is 0 Å². The van der Waals surface area contributed by atoms with Gasteiger partial charge >= 0.3 is 0 Å². The minimum Gasteiger partial charge on any atom is -0.390 e. The van der Waals surface area contributed by atoms with Gasteiger partial charge in [0, 0.05) is 7.11 Å². The van der Waals surface area contributed by atoms with Gasteiger partial charge in [-0.05, 0) is 103 Å². The Kier molecular flexibility index (Phi) is 7.58. The maximum atomic E-state index is 11.2. The van der Waals surface area contributed by atoms with Gasteiger partial charge in [-0.25, -0.2) is 0 Å². The van der Waals surface area contributed by atoms with E-state index in [1.165, 1.54) is 6.42 Å². The van der Waals surface area contributed by atoms with Crippen LogP contribution in [0.25, 0.3) is 0 Å². The van der Waals surface area contributed by atoms with Gasteiger partial charge in [-0.1, -0.05) is 41.5 Å². The van der Waals surface area contributed by atoms with Crippen molar-refractivity contribution in [3.8, 4) is 0 Å². The smallest absolute Gasteiger partial charge is 0.0830 e. The number of fused-ring (bicyclic) bond motifs is 5. The number of methoxy groups -OCH3 is 1. The SMILES string of the molecule is CO[C@H]1C[C@@H]2[C@H](CC[C@]3(C)[C@@H]([C@H](C)[C@@H](O)[C@H](O)[C@@H](C)C(C)C)CC[C@@H]23)[C@@]2(C)C[C@@H](O)[C@@H](O)C[C@H]12. The number of hydrogen-bond acceptors (Lipinski definition) is 5. The van der Waals surface area contributed by atoms with Gasteiger partial charge in [-0.15, -0.1) is 0 Å². The summed E-state index contributed by atoms with van der Waals surface area (Å²) in [6, 6.07) is 0. The lowest BCUT2D eigenvalue weighted by Crippen LogP contribution is -2.61. The third-order valence-electron chi connectivity index (χ3n) is 12.2. The predicted octanol–water partition coefficient (Wildman–Crippen LogP) is 4.25. The van der Waals surface area contributed by atoms with E-state index in [-0.39, 0.29) is 28.8 Å². The van der Waals surface area contributed by atoms with Crippen molar-refractivity contribution in [2.75, 3.05) is 7.11 Å². The fraction of sp³-hybridized carbons (Fsp3) is 1.00. The van der Waals surface area contributed by atoms with Crippen molar-refractivity contribution < 1.29 is 25.2 Å². The van der Waals surface area contributed by atoms with E-state index >= 15 is 0 Å². The summed E-state index contributed by atoms with van der Waals surface area (Å²) in [6.07, 6.45) is 4.42. The van der Waals surface area contributed by atoms with E-state index in [1.807, 2.05) is 7.11 Å². The largest absolute Gasteiger partial charge is 0.390 e. The molecule has 4 aliphatic carbocycles. The van der Waals surface area contributed by atoms with E-state index < -0.39 is 24.4 Å². The fourth-order valence-corrected chi connectivity index (χ4v) is 9.71. The first-order valence-electron chi connectivity index (χ1n) is 14.1. The van der Waals surface area contributed by atoms with E-state index in [9.17, 15) is 20.4 Å². The molecule has 34 heavy (non-hydrogen) atoms. The molecule has 0 spiro atoms. The van der Waals surface area contributed by atoms with Crippen molar-refractivity contribution in [3.63, 3.8) is 0 Å². The number of aliphatic hydroxyl groups is 4. The molecule has 4 N–H and O–H groups in total. The molecule has 4 rings (SSSR count). The summed E-state index contributed by atoms with van der Waals surface area (Å²) >= 11 is 0. The Morgan fingerprint density at radius 2 is 1.44 bits per heavy atom. The van der Waals surface area contributed by atoms with Gasteiger partial charge in [0.15, 0.2) is 0 Å². The summed E-state index contributed by atoms with van der Waals surface area (Å²) in [5.74, 6) is 2.88. The van der Waals surface area contributed by atoms with E-state index in [0.717, 1.165) is 25.7 Å². The molecule has 5 heteroatoms. The average molecular weight is 481 g/mol. The second-order valence-electron chi connectivity index (χ2n) is 13.7. The van der Waals surface area contributed by atoms with E-state index in [1.54, 1.807) is 0 Å². The van der Waals surface area contributed by atoms with Crippen LogP contribution in [-0.2, 0) is 4.74 Å². The molecule has 0 amide bonds. The molecule has 14 atom stereocenters. The van der Waals surface area contributed by atoms with Crippen LogP contribution in [-0.4, -0.2) is 58.1 Å². The first-order valence-corrected chi connectivity index (χ1v) is 14.1. The van der Waals surface area contributed by atoms with Crippen molar-refractivity contribution in [1.82, 2.24) is 0 Å². The van der Waals surface area contributed by atoms with Crippen molar-refractivity contribution in [2.24, 2.45) is 58.2 Å². The van der Waals surface area contributed by atoms with Crippen LogP contribution < -0.4 is 0 Å². The lowest BCUT2D eigenvalue weighted by molar-refractivity contribution is -0.202. The zero-order chi connectivity index (χ0) is 25.2. The highest BCUT2D eigenvalue weighted by Gasteiger charge is 2.64. The number of hydrogen-bond donors (Lipinski definition) is 4. The molecule has 5 nitrogen and oxygen atoms in total. The molecule has 4 fully saturated rings. The molecule has 0 aliphatic heterocycles.